The van der Waals surface area contributed by atoms with Gasteiger partial charge in [0, 0.05) is 5.92 Å². The van der Waals surface area contributed by atoms with Crippen LogP contribution in [-0.2, 0) is 17.6 Å². The van der Waals surface area contributed by atoms with Gasteiger partial charge in [-0.1, -0.05) is 36.3 Å². The van der Waals surface area contributed by atoms with Crippen LogP contribution in [0.1, 0.15) is 54.9 Å². The molecule has 0 radical (unpaired) electrons. The second-order valence-electron chi connectivity index (χ2n) is 5.44. The van der Waals surface area contributed by atoms with E-state index in [0.29, 0.717) is 12.3 Å². The van der Waals surface area contributed by atoms with Crippen LogP contribution in [0.5, 0.6) is 0 Å². The molecule has 0 bridgehead atoms. The number of hydrogen-bond acceptors (Lipinski definition) is 4. The van der Waals surface area contributed by atoms with Gasteiger partial charge in [0.1, 0.15) is 5.78 Å². The first kappa shape index (κ1) is 13.0. The summed E-state index contributed by atoms with van der Waals surface area (Å²) in [6.07, 6.45) is 2.60. The highest BCUT2D eigenvalue weighted by Crippen LogP contribution is 2.33. The Morgan fingerprint density at radius 2 is 2.00 bits per heavy atom. The van der Waals surface area contributed by atoms with Gasteiger partial charge in [-0.15, -0.1) is 0 Å². The summed E-state index contributed by atoms with van der Waals surface area (Å²) in [4.78, 5) is 16.0. The van der Waals surface area contributed by atoms with E-state index in [1.54, 1.807) is 6.92 Å². The number of Topliss-reactive ketones (excluding diaryl/α,β-unsaturated/α-hetero) is 1. The molecule has 1 aliphatic rings. The van der Waals surface area contributed by atoms with Crippen molar-refractivity contribution >= 4 is 5.78 Å². The van der Waals surface area contributed by atoms with E-state index in [4.69, 9.17) is 4.52 Å². The summed E-state index contributed by atoms with van der Waals surface area (Å²) in [6, 6.07) is 8.43. The van der Waals surface area contributed by atoms with Crippen LogP contribution < -0.4 is 0 Å². The topological polar surface area (TPSA) is 56.0 Å². The Kier molecular flexibility index (Phi) is 3.38. The van der Waals surface area contributed by atoms with Crippen molar-refractivity contribution in [2.45, 2.75) is 44.9 Å². The minimum absolute atomic E-state index is 0.0809. The van der Waals surface area contributed by atoms with Crippen LogP contribution >= 0.6 is 0 Å². The largest absolute Gasteiger partial charge is 0.339 e. The average molecular weight is 270 g/mol. The molecule has 0 spiro atoms. The molecule has 20 heavy (non-hydrogen) atoms. The Morgan fingerprint density at radius 1 is 1.35 bits per heavy atom. The Balaban J connectivity index is 1.81. The quantitative estimate of drug-likeness (QED) is 0.857. The highest BCUT2D eigenvalue weighted by atomic mass is 16.5. The molecular formula is C16H18N2O2. The van der Waals surface area contributed by atoms with E-state index in [1.165, 1.54) is 11.1 Å². The van der Waals surface area contributed by atoms with Crippen molar-refractivity contribution in [1.82, 2.24) is 10.1 Å². The SMILES string of the molecule is CCC(C(C)=O)c1nc(C2Cc3ccccc3C2)no1. The summed E-state index contributed by atoms with van der Waals surface area (Å²) in [6.45, 7) is 3.53. The number of fused-ring (bicyclic) bond motifs is 1. The van der Waals surface area contributed by atoms with Crippen LogP contribution in [0.25, 0.3) is 0 Å². The molecule has 3 rings (SSSR count). The Hall–Kier alpha value is -1.97. The molecule has 0 fully saturated rings. The Morgan fingerprint density at radius 3 is 2.55 bits per heavy atom. The number of nitrogens with zero attached hydrogens (tertiary/aromatic N) is 2. The lowest BCUT2D eigenvalue weighted by Crippen LogP contribution is -2.08. The molecule has 0 aliphatic heterocycles. The molecular weight excluding hydrogens is 252 g/mol. The van der Waals surface area contributed by atoms with Crippen LogP contribution in [0.2, 0.25) is 0 Å². The molecule has 1 aromatic heterocycles. The fourth-order valence-corrected chi connectivity index (χ4v) is 2.93. The molecule has 0 saturated carbocycles. The molecule has 104 valence electrons. The van der Waals surface area contributed by atoms with E-state index in [2.05, 4.69) is 34.4 Å². The maximum Gasteiger partial charge on any atom is 0.237 e. The average Bonchev–Trinajstić information content (AvgIpc) is 3.04. The zero-order valence-electron chi connectivity index (χ0n) is 11.8. The lowest BCUT2D eigenvalue weighted by molar-refractivity contribution is -0.119. The van der Waals surface area contributed by atoms with Gasteiger partial charge in [0.2, 0.25) is 5.89 Å². The summed E-state index contributed by atoms with van der Waals surface area (Å²) >= 11 is 0. The second kappa shape index (κ2) is 5.19. The first-order valence-electron chi connectivity index (χ1n) is 7.09. The smallest absolute Gasteiger partial charge is 0.237 e. The van der Waals surface area contributed by atoms with E-state index >= 15 is 0 Å². The maximum atomic E-state index is 11.6. The number of aromatic nitrogens is 2. The Labute approximate surface area is 118 Å². The van der Waals surface area contributed by atoms with Crippen molar-refractivity contribution < 1.29 is 9.32 Å². The van der Waals surface area contributed by atoms with Crippen molar-refractivity contribution in [3.63, 3.8) is 0 Å². The van der Waals surface area contributed by atoms with Crippen LogP contribution in [0.15, 0.2) is 28.8 Å². The molecule has 1 unspecified atom stereocenters. The summed E-state index contributed by atoms with van der Waals surface area (Å²) < 4.78 is 5.31. The van der Waals surface area contributed by atoms with E-state index in [9.17, 15) is 4.79 Å². The van der Waals surface area contributed by atoms with Crippen molar-refractivity contribution in [3.8, 4) is 0 Å². The third-order valence-electron chi connectivity index (χ3n) is 4.07. The normalized spacial score (nSPS) is 16.1. The zero-order valence-corrected chi connectivity index (χ0v) is 11.8. The number of ketones is 1. The molecule has 0 amide bonds. The third-order valence-corrected chi connectivity index (χ3v) is 4.07. The van der Waals surface area contributed by atoms with Crippen molar-refractivity contribution in [1.29, 1.82) is 0 Å². The number of benzene rings is 1. The predicted molar refractivity (Wildman–Crippen MR) is 74.6 cm³/mol. The second-order valence-corrected chi connectivity index (χ2v) is 5.44. The standard InChI is InChI=1S/C16H18N2O2/c1-3-14(10(2)19)16-17-15(18-20-16)13-8-11-6-4-5-7-12(11)9-13/h4-7,13-14H,3,8-9H2,1-2H3. The summed E-state index contributed by atoms with van der Waals surface area (Å²) in [5.74, 6) is 1.29. The van der Waals surface area contributed by atoms with E-state index in [1.807, 2.05) is 6.92 Å². The lowest BCUT2D eigenvalue weighted by atomic mass is 10.0. The van der Waals surface area contributed by atoms with Crippen LogP contribution in [0, 0.1) is 0 Å². The molecule has 1 aromatic carbocycles. The van der Waals surface area contributed by atoms with Crippen molar-refractivity contribution in [2.75, 3.05) is 0 Å². The van der Waals surface area contributed by atoms with Crippen LogP contribution in [0.4, 0.5) is 0 Å². The highest BCUT2D eigenvalue weighted by Gasteiger charge is 2.28. The number of hydrogen-bond donors (Lipinski definition) is 0. The molecule has 1 heterocycles. The van der Waals surface area contributed by atoms with Gasteiger partial charge in [0.15, 0.2) is 5.82 Å². The molecule has 0 saturated heterocycles. The van der Waals surface area contributed by atoms with Gasteiger partial charge in [0.25, 0.3) is 0 Å². The predicted octanol–water partition coefficient (Wildman–Crippen LogP) is 3.03. The van der Waals surface area contributed by atoms with Crippen LogP contribution in [0.3, 0.4) is 0 Å². The summed E-state index contributed by atoms with van der Waals surface area (Å²) in [5, 5.41) is 4.09. The van der Waals surface area contributed by atoms with E-state index < -0.39 is 0 Å². The van der Waals surface area contributed by atoms with Crippen molar-refractivity contribution in [3.05, 3.63) is 47.1 Å². The highest BCUT2D eigenvalue weighted by molar-refractivity contribution is 5.82. The fraction of sp³-hybridized carbons (Fsp3) is 0.438. The van der Waals surface area contributed by atoms with Gasteiger partial charge < -0.3 is 4.52 Å². The fourth-order valence-electron chi connectivity index (χ4n) is 2.93. The van der Waals surface area contributed by atoms with Gasteiger partial charge in [-0.2, -0.15) is 4.98 Å². The van der Waals surface area contributed by atoms with Gasteiger partial charge in [0.05, 0.1) is 5.92 Å². The summed E-state index contributed by atoms with van der Waals surface area (Å²) in [5.41, 5.74) is 2.73. The van der Waals surface area contributed by atoms with Crippen molar-refractivity contribution in [2.24, 2.45) is 0 Å². The minimum atomic E-state index is -0.264. The Bertz CT molecular complexity index is 608. The minimum Gasteiger partial charge on any atom is -0.339 e. The molecule has 4 heteroatoms. The lowest BCUT2D eigenvalue weighted by Gasteiger charge is -2.04. The van der Waals surface area contributed by atoms with Gasteiger partial charge in [-0.25, -0.2) is 0 Å². The first-order chi connectivity index (χ1) is 9.69. The van der Waals surface area contributed by atoms with Gasteiger partial charge >= 0.3 is 0 Å². The van der Waals surface area contributed by atoms with E-state index in [-0.39, 0.29) is 17.6 Å². The van der Waals surface area contributed by atoms with Gasteiger partial charge in [-0.05, 0) is 37.3 Å². The summed E-state index contributed by atoms with van der Waals surface area (Å²) in [7, 11) is 0. The zero-order chi connectivity index (χ0) is 14.1. The van der Waals surface area contributed by atoms with Crippen LogP contribution in [-0.4, -0.2) is 15.9 Å². The molecule has 1 aliphatic carbocycles. The molecule has 0 N–H and O–H groups in total. The first-order valence-corrected chi connectivity index (χ1v) is 7.09. The maximum absolute atomic E-state index is 11.6. The molecule has 4 nitrogen and oxygen atoms in total. The molecule has 2 aromatic rings. The number of carbonyl (C=O) groups excluding carboxylic acids is 1. The van der Waals surface area contributed by atoms with Gasteiger partial charge in [-0.3, -0.25) is 4.79 Å². The third kappa shape index (κ3) is 2.26. The monoisotopic (exact) mass is 270 g/mol. The number of carbonyl (C=O) groups is 1. The van der Waals surface area contributed by atoms with E-state index in [0.717, 1.165) is 18.7 Å². The molecule has 1 atom stereocenters. The number of rotatable bonds is 4.